The van der Waals surface area contributed by atoms with E-state index in [-0.39, 0.29) is 6.04 Å². The summed E-state index contributed by atoms with van der Waals surface area (Å²) in [5.41, 5.74) is 4.02. The Morgan fingerprint density at radius 3 is 2.53 bits per heavy atom. The van der Waals surface area contributed by atoms with Gasteiger partial charge >= 0.3 is 0 Å². The van der Waals surface area contributed by atoms with E-state index in [1.54, 1.807) is 12.6 Å². The zero-order valence-corrected chi connectivity index (χ0v) is 21.4. The van der Waals surface area contributed by atoms with E-state index in [4.69, 9.17) is 23.9 Å². The van der Waals surface area contributed by atoms with Crippen LogP contribution in [0.2, 0.25) is 0 Å². The molecule has 0 spiro atoms. The second kappa shape index (κ2) is 11.1. The molecule has 0 amide bonds. The molecular weight excluding hydrogens is 478 g/mol. The van der Waals surface area contributed by atoms with Gasteiger partial charge in [0, 0.05) is 37.1 Å². The van der Waals surface area contributed by atoms with Gasteiger partial charge in [-0.1, -0.05) is 30.3 Å². The van der Waals surface area contributed by atoms with Gasteiger partial charge in [0.2, 0.25) is 0 Å². The van der Waals surface area contributed by atoms with E-state index >= 15 is 0 Å². The molecule has 5 aromatic rings. The average molecular weight is 510 g/mol. The van der Waals surface area contributed by atoms with Crippen LogP contribution in [-0.2, 0) is 4.74 Å². The lowest BCUT2D eigenvalue weighted by Crippen LogP contribution is -2.41. The molecule has 194 valence electrons. The second-order valence-electron chi connectivity index (χ2n) is 9.19. The Morgan fingerprint density at radius 2 is 1.79 bits per heavy atom. The zero-order chi connectivity index (χ0) is 25.7. The van der Waals surface area contributed by atoms with Crippen LogP contribution in [0.15, 0.2) is 89.9 Å². The number of ether oxygens (including phenoxy) is 2. The molecule has 3 aromatic heterocycles. The van der Waals surface area contributed by atoms with Gasteiger partial charge in [0.25, 0.3) is 0 Å². The van der Waals surface area contributed by atoms with Gasteiger partial charge in [-0.3, -0.25) is 4.90 Å². The number of aromatic nitrogens is 3. The molecule has 2 aromatic carbocycles. The summed E-state index contributed by atoms with van der Waals surface area (Å²) in [7, 11) is 0. The third-order valence-corrected chi connectivity index (χ3v) is 6.91. The van der Waals surface area contributed by atoms with Crippen molar-refractivity contribution in [2.45, 2.75) is 13.0 Å². The Hall–Kier alpha value is -4.14. The Morgan fingerprint density at radius 1 is 0.974 bits per heavy atom. The van der Waals surface area contributed by atoms with Crippen molar-refractivity contribution in [2.75, 3.05) is 44.8 Å². The number of morpholine rings is 1. The molecule has 1 saturated heterocycles. The number of hydrogen-bond donors (Lipinski definition) is 1. The lowest BCUT2D eigenvalue weighted by Gasteiger charge is -2.33. The van der Waals surface area contributed by atoms with E-state index in [1.807, 2.05) is 37.3 Å². The highest BCUT2D eigenvalue weighted by molar-refractivity contribution is 6.02. The first kappa shape index (κ1) is 24.2. The maximum atomic E-state index is 5.84. The maximum Gasteiger partial charge on any atom is 0.150 e. The number of anilines is 1. The quantitative estimate of drug-likeness (QED) is 0.279. The van der Waals surface area contributed by atoms with Gasteiger partial charge in [-0.05, 0) is 48.9 Å². The maximum absolute atomic E-state index is 5.84. The van der Waals surface area contributed by atoms with Crippen LogP contribution in [-0.4, -0.2) is 58.9 Å². The molecule has 4 heterocycles. The summed E-state index contributed by atoms with van der Waals surface area (Å²) in [6, 6.07) is 22.5. The minimum Gasteiger partial charge on any atom is -0.494 e. The van der Waals surface area contributed by atoms with Gasteiger partial charge in [0.15, 0.2) is 5.65 Å². The van der Waals surface area contributed by atoms with Gasteiger partial charge in [0.1, 0.15) is 23.7 Å². The molecule has 0 bridgehead atoms. The molecular formula is C30H31N5O3. The Labute approximate surface area is 221 Å². The van der Waals surface area contributed by atoms with Gasteiger partial charge in [0.05, 0.1) is 37.5 Å². The second-order valence-corrected chi connectivity index (χ2v) is 9.19. The molecule has 8 nitrogen and oxygen atoms in total. The minimum absolute atomic E-state index is 0.0623. The predicted molar refractivity (Wildman–Crippen MR) is 148 cm³/mol. The molecule has 0 radical (unpaired) electrons. The summed E-state index contributed by atoms with van der Waals surface area (Å²) in [4.78, 5) is 11.8. The van der Waals surface area contributed by atoms with Crippen molar-refractivity contribution in [3.05, 3.63) is 91.3 Å². The third-order valence-electron chi connectivity index (χ3n) is 6.91. The average Bonchev–Trinajstić information content (AvgIpc) is 3.64. The van der Waals surface area contributed by atoms with E-state index in [1.165, 1.54) is 0 Å². The van der Waals surface area contributed by atoms with Crippen molar-refractivity contribution in [2.24, 2.45) is 0 Å². The lowest BCUT2D eigenvalue weighted by atomic mass is 10.1. The van der Waals surface area contributed by atoms with Crippen LogP contribution < -0.4 is 10.1 Å². The fourth-order valence-electron chi connectivity index (χ4n) is 5.07. The molecule has 0 saturated carbocycles. The van der Waals surface area contributed by atoms with Crippen LogP contribution in [0.25, 0.3) is 27.8 Å². The topological polar surface area (TPSA) is 77.6 Å². The van der Waals surface area contributed by atoms with Gasteiger partial charge in [-0.2, -0.15) is 0 Å². The van der Waals surface area contributed by atoms with Crippen LogP contribution in [0, 0.1) is 0 Å². The van der Waals surface area contributed by atoms with Gasteiger partial charge in [-0.15, -0.1) is 0 Å². The fraction of sp³-hybridized carbons (Fsp3) is 0.267. The number of benzene rings is 2. The van der Waals surface area contributed by atoms with Crippen LogP contribution in [0.1, 0.15) is 18.7 Å². The Kier molecular flexibility index (Phi) is 7.06. The highest BCUT2D eigenvalue weighted by Gasteiger charge is 2.26. The highest BCUT2D eigenvalue weighted by Crippen LogP contribution is 2.36. The SMILES string of the molecule is CCOc1ccc(-n2cc(-c3ccccc3)c3c(NCC(c4ccco4)N4CCOCC4)ncnc32)cc1. The first-order chi connectivity index (χ1) is 18.8. The Balaban J connectivity index is 1.40. The molecule has 0 aliphatic carbocycles. The summed E-state index contributed by atoms with van der Waals surface area (Å²) in [5, 5.41) is 4.63. The molecule has 1 fully saturated rings. The predicted octanol–water partition coefficient (Wildman–Crippen LogP) is 5.56. The summed E-state index contributed by atoms with van der Waals surface area (Å²) in [6.07, 6.45) is 5.50. The van der Waals surface area contributed by atoms with Crippen LogP contribution in [0.3, 0.4) is 0 Å². The Bertz CT molecular complexity index is 1460. The van der Waals surface area contributed by atoms with E-state index in [0.29, 0.717) is 13.2 Å². The van der Waals surface area contributed by atoms with Crippen molar-refractivity contribution in [1.29, 1.82) is 0 Å². The van der Waals surface area contributed by atoms with Crippen molar-refractivity contribution < 1.29 is 13.9 Å². The molecule has 1 aliphatic rings. The van der Waals surface area contributed by atoms with Crippen LogP contribution in [0.5, 0.6) is 5.75 Å². The van der Waals surface area contributed by atoms with Crippen molar-refractivity contribution in [3.8, 4) is 22.6 Å². The third kappa shape index (κ3) is 4.88. The van der Waals surface area contributed by atoms with Crippen LogP contribution >= 0.6 is 0 Å². The summed E-state index contributed by atoms with van der Waals surface area (Å²) in [6.45, 7) is 6.42. The monoisotopic (exact) mass is 509 g/mol. The first-order valence-electron chi connectivity index (χ1n) is 13.1. The first-order valence-corrected chi connectivity index (χ1v) is 13.1. The summed E-state index contributed by atoms with van der Waals surface area (Å²) >= 11 is 0. The number of furan rings is 1. The van der Waals surface area contributed by atoms with Crippen molar-refractivity contribution >= 4 is 16.9 Å². The largest absolute Gasteiger partial charge is 0.494 e. The van der Waals surface area contributed by atoms with Gasteiger partial charge in [-0.25, -0.2) is 9.97 Å². The number of hydrogen-bond acceptors (Lipinski definition) is 7. The van der Waals surface area contributed by atoms with Crippen LogP contribution in [0.4, 0.5) is 5.82 Å². The summed E-state index contributed by atoms with van der Waals surface area (Å²) in [5.74, 6) is 2.57. The number of rotatable bonds is 9. The number of nitrogens with zero attached hydrogens (tertiary/aromatic N) is 4. The molecule has 1 atom stereocenters. The standard InChI is InChI=1S/C30H31N5O3/c1-2-37-24-12-10-23(11-13-24)35-20-25(22-7-4-3-5-8-22)28-29(32-21-33-30(28)35)31-19-26(27-9-6-16-38-27)34-14-17-36-18-15-34/h3-13,16,20-21,26H,2,14-15,17-19H2,1H3,(H,31,32,33). The molecule has 6 rings (SSSR count). The molecule has 1 aliphatic heterocycles. The number of nitrogens with one attached hydrogen (secondary N) is 1. The molecule has 38 heavy (non-hydrogen) atoms. The van der Waals surface area contributed by atoms with Crippen molar-refractivity contribution in [1.82, 2.24) is 19.4 Å². The van der Waals surface area contributed by atoms with E-state index < -0.39 is 0 Å². The lowest BCUT2D eigenvalue weighted by molar-refractivity contribution is 0.0144. The van der Waals surface area contributed by atoms with E-state index in [0.717, 1.165) is 71.5 Å². The number of fused-ring (bicyclic) bond motifs is 1. The van der Waals surface area contributed by atoms with Gasteiger partial charge < -0.3 is 23.8 Å². The highest BCUT2D eigenvalue weighted by atomic mass is 16.5. The molecule has 1 unspecified atom stereocenters. The molecule has 1 N–H and O–H groups in total. The zero-order valence-electron chi connectivity index (χ0n) is 21.4. The normalized spacial score (nSPS) is 15.0. The van der Waals surface area contributed by atoms with E-state index in [2.05, 4.69) is 57.4 Å². The minimum atomic E-state index is 0.0623. The van der Waals surface area contributed by atoms with Crippen molar-refractivity contribution in [3.63, 3.8) is 0 Å². The fourth-order valence-corrected chi connectivity index (χ4v) is 5.07. The van der Waals surface area contributed by atoms with E-state index in [9.17, 15) is 0 Å². The summed E-state index contributed by atoms with van der Waals surface area (Å²) < 4.78 is 19.2. The molecule has 8 heteroatoms. The smallest absolute Gasteiger partial charge is 0.150 e.